The summed E-state index contributed by atoms with van der Waals surface area (Å²) >= 11 is 0. The van der Waals surface area contributed by atoms with E-state index in [4.69, 9.17) is 5.11 Å². The van der Waals surface area contributed by atoms with E-state index in [9.17, 15) is 9.90 Å². The van der Waals surface area contributed by atoms with Gasteiger partial charge in [0.2, 0.25) is 0 Å². The van der Waals surface area contributed by atoms with Crippen LogP contribution in [0.3, 0.4) is 0 Å². The molecule has 1 aromatic heterocycles. The molecule has 0 saturated carbocycles. The minimum absolute atomic E-state index is 0.167. The van der Waals surface area contributed by atoms with Crippen LogP contribution in [0.1, 0.15) is 6.42 Å². The Labute approximate surface area is 95.7 Å². The van der Waals surface area contributed by atoms with E-state index in [1.807, 2.05) is 0 Å². The zero-order valence-corrected chi connectivity index (χ0v) is 9.34. The van der Waals surface area contributed by atoms with E-state index in [2.05, 4.69) is 10.3 Å². The third-order valence-corrected chi connectivity index (χ3v) is 2.22. The molecule has 1 atom stereocenters. The summed E-state index contributed by atoms with van der Waals surface area (Å²) in [6, 6.07) is 4.69. The second-order valence-electron chi connectivity index (χ2n) is 4.16. The Balaban J connectivity index is 2.75. The quantitative estimate of drug-likeness (QED) is 0.512. The number of hydrogen-bond acceptors (Lipinski definition) is 4. The predicted molar refractivity (Wildman–Crippen MR) is 65.9 cm³/mol. The predicted octanol–water partition coefficient (Wildman–Crippen LogP) is -1.75. The van der Waals surface area contributed by atoms with E-state index in [1.165, 1.54) is 0 Å². The second-order valence-corrected chi connectivity index (χ2v) is 4.16. The van der Waals surface area contributed by atoms with Gasteiger partial charge in [0.05, 0.1) is 12.5 Å². The van der Waals surface area contributed by atoms with Crippen LogP contribution >= 0.6 is 0 Å². The average molecular weight is 220 g/mol. The molecule has 7 heteroatoms. The zero-order valence-electron chi connectivity index (χ0n) is 9.34. The van der Waals surface area contributed by atoms with Crippen LogP contribution in [0.25, 0.3) is 0 Å². The van der Waals surface area contributed by atoms with Gasteiger partial charge in [-0.05, 0) is 12.1 Å². The lowest BCUT2D eigenvalue weighted by Gasteiger charge is -2.29. The molecule has 3 N–H and O–H groups in total. The van der Waals surface area contributed by atoms with Crippen molar-refractivity contribution in [3.05, 3.63) is 24.4 Å². The lowest BCUT2D eigenvalue weighted by atomic mass is 9.60. The molecule has 16 heavy (non-hydrogen) atoms. The van der Waals surface area contributed by atoms with Crippen LogP contribution in [0.15, 0.2) is 24.4 Å². The molecule has 1 rings (SSSR count). The molecule has 0 aliphatic rings. The fourth-order valence-corrected chi connectivity index (χ4v) is 1.28. The van der Waals surface area contributed by atoms with Crippen LogP contribution in [0.5, 0.6) is 0 Å². The van der Waals surface area contributed by atoms with E-state index >= 15 is 0 Å². The largest absolute Gasteiger partial charge is 0.481 e. The molecule has 1 unspecified atom stereocenters. The molecule has 0 saturated heterocycles. The van der Waals surface area contributed by atoms with Crippen LogP contribution in [0.2, 0.25) is 0 Å². The van der Waals surface area contributed by atoms with Crippen LogP contribution < -0.4 is 5.32 Å². The van der Waals surface area contributed by atoms with Crippen LogP contribution in [-0.2, 0) is 4.79 Å². The van der Waals surface area contributed by atoms with Crippen LogP contribution in [0, 0.1) is 0 Å². The van der Waals surface area contributed by atoms with Gasteiger partial charge in [0.15, 0.2) is 0 Å². The van der Waals surface area contributed by atoms with Gasteiger partial charge in [-0.1, -0.05) is 6.07 Å². The fraction of sp³-hybridized carbons (Fsp3) is 0.333. The zero-order chi connectivity index (χ0) is 12.2. The summed E-state index contributed by atoms with van der Waals surface area (Å²) in [7, 11) is 3.13. The number of aromatic nitrogens is 1. The van der Waals surface area contributed by atoms with Gasteiger partial charge in [-0.15, -0.1) is 0 Å². The van der Waals surface area contributed by atoms with Crippen LogP contribution in [-0.4, -0.2) is 48.3 Å². The van der Waals surface area contributed by atoms with Crippen molar-refractivity contribution in [1.29, 1.82) is 0 Å². The number of rotatable bonds is 5. The maximum absolute atomic E-state index is 10.7. The molecule has 0 aliphatic heterocycles. The molecule has 84 valence electrons. The Hall–Kier alpha value is -1.49. The van der Waals surface area contributed by atoms with Crippen molar-refractivity contribution >= 4 is 27.5 Å². The Morgan fingerprint density at radius 1 is 1.56 bits per heavy atom. The summed E-state index contributed by atoms with van der Waals surface area (Å²) in [5.41, 5.74) is 0. The smallest absolute Gasteiger partial charge is 0.305 e. The van der Waals surface area contributed by atoms with E-state index < -0.39 is 17.4 Å². The highest BCUT2D eigenvalue weighted by Crippen LogP contribution is 2.12. The normalized spacial score (nSPS) is 13.1. The van der Waals surface area contributed by atoms with Crippen molar-refractivity contribution in [1.82, 2.24) is 4.98 Å². The summed E-state index contributed by atoms with van der Waals surface area (Å²) in [4.78, 5) is 14.7. The average Bonchev–Trinajstić information content (AvgIpc) is 2.16. The maximum atomic E-state index is 10.7. The van der Waals surface area contributed by atoms with E-state index in [0.717, 1.165) is 0 Å². The molecule has 0 aromatic carbocycles. The van der Waals surface area contributed by atoms with Gasteiger partial charge in [0, 0.05) is 11.6 Å². The Morgan fingerprint density at radius 2 is 2.25 bits per heavy atom. The van der Waals surface area contributed by atoms with E-state index in [-0.39, 0.29) is 6.42 Å². The highest BCUT2D eigenvalue weighted by Gasteiger charge is 2.28. The van der Waals surface area contributed by atoms with Gasteiger partial charge < -0.3 is 15.5 Å². The maximum Gasteiger partial charge on any atom is 0.305 e. The summed E-state index contributed by atoms with van der Waals surface area (Å²) in [5.74, 6) is -0.411. The molecular weight excluding hydrogens is 206 g/mol. The second kappa shape index (κ2) is 5.03. The summed E-state index contributed by atoms with van der Waals surface area (Å²) in [6.45, 7) is 0. The number of carboxylic acid groups (broad SMARTS) is 1. The van der Waals surface area contributed by atoms with Gasteiger partial charge in [0.1, 0.15) is 21.5 Å². The third-order valence-electron chi connectivity index (χ3n) is 2.22. The molecule has 0 bridgehead atoms. The standard InChI is InChI=1S/C9H14B2N2O3/c10-9(11,16)6(5-8(14)15)13-7-3-1-2-4-12-7/h1-4,6,16H,5,10-11H2,(H,12,13)(H,14,15). The van der Waals surface area contributed by atoms with Crippen molar-refractivity contribution in [2.24, 2.45) is 0 Å². The van der Waals surface area contributed by atoms with E-state index in [1.54, 1.807) is 40.1 Å². The van der Waals surface area contributed by atoms with Crippen molar-refractivity contribution in [3.8, 4) is 0 Å². The van der Waals surface area contributed by atoms with Gasteiger partial charge in [-0.25, -0.2) is 4.98 Å². The van der Waals surface area contributed by atoms with Crippen molar-refractivity contribution in [2.75, 3.05) is 5.32 Å². The molecule has 5 nitrogen and oxygen atoms in total. The molecule has 0 radical (unpaired) electrons. The van der Waals surface area contributed by atoms with Gasteiger partial charge >= 0.3 is 5.97 Å². The molecule has 0 fully saturated rings. The minimum Gasteiger partial charge on any atom is -0.481 e. The van der Waals surface area contributed by atoms with Crippen molar-refractivity contribution < 1.29 is 15.0 Å². The fourth-order valence-electron chi connectivity index (χ4n) is 1.28. The molecule has 1 heterocycles. The third kappa shape index (κ3) is 3.94. The van der Waals surface area contributed by atoms with Gasteiger partial charge in [-0.2, -0.15) is 0 Å². The number of pyridine rings is 1. The highest BCUT2D eigenvalue weighted by atomic mass is 16.4. The van der Waals surface area contributed by atoms with Gasteiger partial charge in [0.25, 0.3) is 0 Å². The monoisotopic (exact) mass is 220 g/mol. The molecule has 1 aromatic rings. The molecule has 0 aliphatic carbocycles. The lowest BCUT2D eigenvalue weighted by molar-refractivity contribution is -0.137. The van der Waals surface area contributed by atoms with E-state index in [0.29, 0.717) is 5.82 Å². The number of carboxylic acids is 1. The first kappa shape index (κ1) is 12.6. The first-order valence-electron chi connectivity index (χ1n) is 5.01. The highest BCUT2D eigenvalue weighted by molar-refractivity contribution is 6.39. The number of hydrogen-bond donors (Lipinski definition) is 3. The topological polar surface area (TPSA) is 82.5 Å². The first-order chi connectivity index (χ1) is 7.39. The first-order valence-corrected chi connectivity index (χ1v) is 5.01. The molecule has 0 spiro atoms. The van der Waals surface area contributed by atoms with Crippen molar-refractivity contribution in [2.45, 2.75) is 17.9 Å². The number of nitrogens with one attached hydrogen (secondary N) is 1. The Bertz CT molecular complexity index is 354. The number of carbonyl (C=O) groups is 1. The summed E-state index contributed by atoms with van der Waals surface area (Å²) in [6.07, 6.45) is 1.44. The number of anilines is 1. The van der Waals surface area contributed by atoms with Gasteiger partial charge in [-0.3, -0.25) is 4.79 Å². The Morgan fingerprint density at radius 3 is 2.69 bits per heavy atom. The lowest BCUT2D eigenvalue weighted by Crippen LogP contribution is -2.49. The van der Waals surface area contributed by atoms with Crippen LogP contribution in [0.4, 0.5) is 5.82 Å². The number of nitrogens with zero attached hydrogens (tertiary/aromatic N) is 1. The number of aliphatic hydroxyl groups is 1. The van der Waals surface area contributed by atoms with Crippen molar-refractivity contribution in [3.63, 3.8) is 0 Å². The summed E-state index contributed by atoms with van der Waals surface area (Å²) in [5, 5.41) is 20.4. The number of aliphatic carboxylic acids is 1. The molecule has 0 amide bonds. The minimum atomic E-state index is -1.13. The summed E-state index contributed by atoms with van der Waals surface area (Å²) < 4.78 is 0. The Kier molecular flexibility index (Phi) is 3.95. The molecular formula is C9H14B2N2O3. The SMILES string of the molecule is BC(B)(O)C(CC(=O)O)Nc1ccccn1.